The largest absolute Gasteiger partial charge is 0.345 e. The number of fused-ring (bicyclic) bond motifs is 1. The number of aromatic nitrogens is 5. The molecule has 0 saturated carbocycles. The molecule has 0 aromatic carbocycles. The van der Waals surface area contributed by atoms with Crippen LogP contribution >= 0.6 is 0 Å². The first-order chi connectivity index (χ1) is 13.0. The number of pyridine rings is 2. The van der Waals surface area contributed by atoms with Crippen LogP contribution in [-0.4, -0.2) is 30.8 Å². The summed E-state index contributed by atoms with van der Waals surface area (Å²) in [5, 5.41) is 11.8. The van der Waals surface area contributed by atoms with Gasteiger partial charge in [0.15, 0.2) is 0 Å². The van der Waals surface area contributed by atoms with Gasteiger partial charge in [-0.15, -0.1) is 0 Å². The number of carbonyl (C=O) groups excluding carboxylic acids is 1. The first kappa shape index (κ1) is 16.9. The Kier molecular flexibility index (Phi) is 4.15. The van der Waals surface area contributed by atoms with Crippen LogP contribution in [0.5, 0.6) is 0 Å². The molecule has 0 radical (unpaired) electrons. The molecular weight excluding hydrogens is 344 g/mol. The second-order valence-corrected chi connectivity index (χ2v) is 6.38. The molecule has 1 atom stereocenters. The second-order valence-electron chi connectivity index (χ2n) is 6.38. The molecule has 4 heterocycles. The van der Waals surface area contributed by atoms with Crippen LogP contribution in [0.3, 0.4) is 0 Å². The SMILES string of the molecule is Cc1noc2nc(-c3cnn(C)c3)cc(C(=O)N[C@H](C)c3ccncc3)c12. The number of aryl methyl sites for hydroxylation is 2. The molecule has 0 fully saturated rings. The lowest BCUT2D eigenvalue weighted by Gasteiger charge is -2.14. The van der Waals surface area contributed by atoms with Gasteiger partial charge in [-0.3, -0.25) is 14.5 Å². The van der Waals surface area contributed by atoms with E-state index in [4.69, 9.17) is 4.52 Å². The fraction of sp³-hybridized carbons (Fsp3) is 0.211. The van der Waals surface area contributed by atoms with Gasteiger partial charge in [0.2, 0.25) is 0 Å². The minimum Gasteiger partial charge on any atom is -0.345 e. The van der Waals surface area contributed by atoms with Gasteiger partial charge in [0.05, 0.1) is 34.6 Å². The van der Waals surface area contributed by atoms with Gasteiger partial charge in [0, 0.05) is 31.2 Å². The molecule has 8 nitrogen and oxygen atoms in total. The highest BCUT2D eigenvalue weighted by Gasteiger charge is 2.21. The predicted octanol–water partition coefficient (Wildman–Crippen LogP) is 2.82. The van der Waals surface area contributed by atoms with Crippen LogP contribution in [0, 0.1) is 6.92 Å². The number of hydrogen-bond donors (Lipinski definition) is 1. The third-order valence-electron chi connectivity index (χ3n) is 4.42. The molecule has 136 valence electrons. The van der Waals surface area contributed by atoms with E-state index in [9.17, 15) is 4.79 Å². The maximum atomic E-state index is 13.0. The topological polar surface area (TPSA) is 98.7 Å². The minimum absolute atomic E-state index is 0.175. The van der Waals surface area contributed by atoms with E-state index in [0.717, 1.165) is 11.1 Å². The van der Waals surface area contributed by atoms with Crippen molar-refractivity contribution in [3.63, 3.8) is 0 Å². The summed E-state index contributed by atoms with van der Waals surface area (Å²) in [7, 11) is 1.82. The van der Waals surface area contributed by atoms with Gasteiger partial charge in [0.1, 0.15) is 0 Å². The molecule has 0 aliphatic rings. The van der Waals surface area contributed by atoms with Gasteiger partial charge in [-0.25, -0.2) is 4.98 Å². The standard InChI is InChI=1S/C19H18N6O2/c1-11(13-4-6-20-7-5-13)22-18(26)15-8-16(14-9-21-25(3)10-14)23-19-17(15)12(2)24-27-19/h4-11H,1-3H3,(H,22,26)/t11-/m1/s1. The molecule has 4 aromatic rings. The van der Waals surface area contributed by atoms with Gasteiger partial charge in [-0.05, 0) is 37.6 Å². The van der Waals surface area contributed by atoms with E-state index in [1.807, 2.05) is 32.3 Å². The normalized spacial score (nSPS) is 12.3. The van der Waals surface area contributed by atoms with Crippen molar-refractivity contribution in [1.29, 1.82) is 0 Å². The number of hydrogen-bond acceptors (Lipinski definition) is 6. The van der Waals surface area contributed by atoms with Crippen molar-refractivity contribution in [3.05, 3.63) is 59.8 Å². The molecule has 27 heavy (non-hydrogen) atoms. The number of rotatable bonds is 4. The maximum Gasteiger partial charge on any atom is 0.259 e. The smallest absolute Gasteiger partial charge is 0.259 e. The van der Waals surface area contributed by atoms with Crippen LogP contribution in [0.25, 0.3) is 22.4 Å². The molecule has 0 aliphatic heterocycles. The molecule has 0 unspecified atom stereocenters. The third kappa shape index (κ3) is 3.17. The van der Waals surface area contributed by atoms with Gasteiger partial charge >= 0.3 is 0 Å². The molecule has 1 amide bonds. The Morgan fingerprint density at radius 1 is 1.30 bits per heavy atom. The van der Waals surface area contributed by atoms with Crippen LogP contribution in [-0.2, 0) is 7.05 Å². The van der Waals surface area contributed by atoms with Crippen molar-refractivity contribution in [2.45, 2.75) is 19.9 Å². The zero-order valence-corrected chi connectivity index (χ0v) is 15.2. The number of amides is 1. The summed E-state index contributed by atoms with van der Waals surface area (Å²) in [6.45, 7) is 3.72. The quantitative estimate of drug-likeness (QED) is 0.599. The summed E-state index contributed by atoms with van der Waals surface area (Å²) in [5.74, 6) is -0.219. The summed E-state index contributed by atoms with van der Waals surface area (Å²) < 4.78 is 7.00. The average molecular weight is 362 g/mol. The molecular formula is C19H18N6O2. The van der Waals surface area contributed by atoms with Crippen LogP contribution in [0.4, 0.5) is 0 Å². The highest BCUT2D eigenvalue weighted by Crippen LogP contribution is 2.27. The Morgan fingerprint density at radius 2 is 2.07 bits per heavy atom. The van der Waals surface area contributed by atoms with Crippen molar-refractivity contribution >= 4 is 17.0 Å². The van der Waals surface area contributed by atoms with E-state index in [-0.39, 0.29) is 11.9 Å². The lowest BCUT2D eigenvalue weighted by molar-refractivity contribution is 0.0941. The lowest BCUT2D eigenvalue weighted by Crippen LogP contribution is -2.27. The van der Waals surface area contributed by atoms with E-state index in [0.29, 0.717) is 28.1 Å². The van der Waals surface area contributed by atoms with Gasteiger partial charge in [-0.2, -0.15) is 5.10 Å². The maximum absolute atomic E-state index is 13.0. The molecule has 4 rings (SSSR count). The van der Waals surface area contributed by atoms with Crippen molar-refractivity contribution in [2.24, 2.45) is 7.05 Å². The molecule has 0 aliphatic carbocycles. The summed E-state index contributed by atoms with van der Waals surface area (Å²) in [6.07, 6.45) is 6.93. The zero-order chi connectivity index (χ0) is 19.0. The van der Waals surface area contributed by atoms with Crippen molar-refractivity contribution < 1.29 is 9.32 Å². The van der Waals surface area contributed by atoms with Crippen molar-refractivity contribution in [2.75, 3.05) is 0 Å². The van der Waals surface area contributed by atoms with Gasteiger partial charge in [-0.1, -0.05) is 5.16 Å². The molecule has 0 bridgehead atoms. The lowest BCUT2D eigenvalue weighted by atomic mass is 10.1. The monoisotopic (exact) mass is 362 g/mol. The first-order valence-electron chi connectivity index (χ1n) is 8.50. The van der Waals surface area contributed by atoms with Crippen LogP contribution in [0.2, 0.25) is 0 Å². The van der Waals surface area contributed by atoms with E-state index >= 15 is 0 Å². The Morgan fingerprint density at radius 3 is 2.78 bits per heavy atom. The predicted molar refractivity (Wildman–Crippen MR) is 98.9 cm³/mol. The average Bonchev–Trinajstić information content (AvgIpc) is 3.27. The van der Waals surface area contributed by atoms with E-state index in [1.165, 1.54) is 0 Å². The Balaban J connectivity index is 1.75. The Labute approximate surface area is 155 Å². The first-order valence-corrected chi connectivity index (χ1v) is 8.50. The van der Waals surface area contributed by atoms with E-state index in [2.05, 4.69) is 25.5 Å². The molecule has 0 saturated heterocycles. The Bertz CT molecular complexity index is 1120. The summed E-state index contributed by atoms with van der Waals surface area (Å²) in [5.41, 5.74) is 3.79. The van der Waals surface area contributed by atoms with Crippen molar-refractivity contribution in [1.82, 2.24) is 30.2 Å². The third-order valence-corrected chi connectivity index (χ3v) is 4.42. The van der Waals surface area contributed by atoms with Gasteiger partial charge in [0.25, 0.3) is 11.6 Å². The minimum atomic E-state index is -0.219. The fourth-order valence-corrected chi connectivity index (χ4v) is 2.99. The molecule has 8 heteroatoms. The Hall–Kier alpha value is -3.55. The second kappa shape index (κ2) is 6.64. The summed E-state index contributed by atoms with van der Waals surface area (Å²) in [6, 6.07) is 5.32. The highest BCUT2D eigenvalue weighted by molar-refractivity contribution is 6.07. The van der Waals surface area contributed by atoms with Crippen LogP contribution < -0.4 is 5.32 Å². The zero-order valence-electron chi connectivity index (χ0n) is 15.2. The number of nitrogens with one attached hydrogen (secondary N) is 1. The molecule has 0 spiro atoms. The number of nitrogens with zero attached hydrogens (tertiary/aromatic N) is 5. The van der Waals surface area contributed by atoms with E-state index < -0.39 is 0 Å². The van der Waals surface area contributed by atoms with Crippen LogP contribution in [0.1, 0.15) is 34.6 Å². The van der Waals surface area contributed by atoms with Crippen LogP contribution in [0.15, 0.2) is 47.5 Å². The summed E-state index contributed by atoms with van der Waals surface area (Å²) in [4.78, 5) is 21.5. The highest BCUT2D eigenvalue weighted by atomic mass is 16.5. The molecule has 1 N–H and O–H groups in total. The number of carbonyl (C=O) groups is 1. The molecule has 4 aromatic heterocycles. The fourth-order valence-electron chi connectivity index (χ4n) is 2.99. The van der Waals surface area contributed by atoms with Crippen molar-refractivity contribution in [3.8, 4) is 11.3 Å². The summed E-state index contributed by atoms with van der Waals surface area (Å²) >= 11 is 0. The van der Waals surface area contributed by atoms with Gasteiger partial charge < -0.3 is 9.84 Å². The van der Waals surface area contributed by atoms with E-state index in [1.54, 1.807) is 36.3 Å².